The monoisotopic (exact) mass is 334 g/mol. The molecule has 0 aromatic carbocycles. The van der Waals surface area contributed by atoms with Gasteiger partial charge in [0.1, 0.15) is 0 Å². The minimum Gasteiger partial charge on any atom is -0.354 e. The van der Waals surface area contributed by atoms with Crippen LogP contribution in [0.4, 0.5) is 0 Å². The van der Waals surface area contributed by atoms with E-state index in [9.17, 15) is 4.79 Å². The highest BCUT2D eigenvalue weighted by molar-refractivity contribution is 9.11. The summed E-state index contributed by atoms with van der Waals surface area (Å²) in [4.78, 5) is 13.1. The van der Waals surface area contributed by atoms with E-state index < -0.39 is 0 Å². The fourth-order valence-corrected chi connectivity index (χ4v) is 4.07. The number of hydrogen-bond donors (Lipinski definition) is 2. The van der Waals surface area contributed by atoms with Crippen LogP contribution in [0.25, 0.3) is 0 Å². The van der Waals surface area contributed by atoms with Gasteiger partial charge in [0.25, 0.3) is 0 Å². The molecule has 0 radical (unpaired) electrons. The lowest BCUT2D eigenvalue weighted by Gasteiger charge is -2.22. The summed E-state index contributed by atoms with van der Waals surface area (Å²) in [6, 6.07) is 4.13. The molecule has 94 valence electrons. The second kappa shape index (κ2) is 6.78. The van der Waals surface area contributed by atoms with Crippen LogP contribution in [-0.4, -0.2) is 36.5 Å². The number of thiophene rings is 1. The van der Waals surface area contributed by atoms with Crippen LogP contribution in [0.3, 0.4) is 0 Å². The molecule has 2 heterocycles. The maximum Gasteiger partial charge on any atom is 0.238 e. The molecular formula is C11H15BrN2OS2. The van der Waals surface area contributed by atoms with Crippen molar-refractivity contribution in [3.63, 3.8) is 0 Å². The third-order valence-electron chi connectivity index (χ3n) is 2.54. The first-order valence-corrected chi connectivity index (χ1v) is 8.35. The van der Waals surface area contributed by atoms with E-state index in [4.69, 9.17) is 0 Å². The van der Waals surface area contributed by atoms with Gasteiger partial charge in [-0.1, -0.05) is 0 Å². The number of halogens is 1. The minimum absolute atomic E-state index is 0.0104. The molecule has 1 aliphatic heterocycles. The fourth-order valence-electron chi connectivity index (χ4n) is 1.65. The smallest absolute Gasteiger partial charge is 0.238 e. The van der Waals surface area contributed by atoms with Gasteiger partial charge in [-0.25, -0.2) is 0 Å². The van der Waals surface area contributed by atoms with E-state index in [1.54, 1.807) is 11.3 Å². The molecule has 1 aromatic heterocycles. The molecular weight excluding hydrogens is 320 g/mol. The van der Waals surface area contributed by atoms with Crippen LogP contribution in [0, 0.1) is 0 Å². The average molecular weight is 335 g/mol. The van der Waals surface area contributed by atoms with Gasteiger partial charge >= 0.3 is 0 Å². The maximum atomic E-state index is 11.8. The van der Waals surface area contributed by atoms with E-state index >= 15 is 0 Å². The summed E-state index contributed by atoms with van der Waals surface area (Å²) in [7, 11) is 0. The van der Waals surface area contributed by atoms with Crippen molar-refractivity contribution in [2.45, 2.75) is 12.5 Å². The molecule has 0 spiro atoms. The van der Waals surface area contributed by atoms with Crippen molar-refractivity contribution in [3.8, 4) is 0 Å². The number of amides is 1. The first-order valence-electron chi connectivity index (χ1n) is 5.59. The highest BCUT2D eigenvalue weighted by Crippen LogP contribution is 2.22. The van der Waals surface area contributed by atoms with Crippen molar-refractivity contribution in [2.75, 3.05) is 24.6 Å². The molecule has 1 atom stereocenters. The van der Waals surface area contributed by atoms with Crippen LogP contribution >= 0.6 is 39.0 Å². The van der Waals surface area contributed by atoms with Gasteiger partial charge < -0.3 is 10.6 Å². The second-order valence-corrected chi connectivity index (χ2v) is 7.53. The Hall–Kier alpha value is -0.0400. The molecule has 2 N–H and O–H groups in total. The Kier molecular flexibility index (Phi) is 5.34. The molecule has 0 bridgehead atoms. The Bertz CT molecular complexity index is 377. The lowest BCUT2D eigenvalue weighted by Crippen LogP contribution is -2.49. The van der Waals surface area contributed by atoms with Crippen LogP contribution in [0.1, 0.15) is 4.88 Å². The summed E-state index contributed by atoms with van der Waals surface area (Å²) in [5.41, 5.74) is 0. The molecule has 1 aromatic rings. The highest BCUT2D eigenvalue weighted by atomic mass is 79.9. The third-order valence-corrected chi connectivity index (χ3v) is 5.28. The van der Waals surface area contributed by atoms with Gasteiger partial charge in [0, 0.05) is 29.5 Å². The summed E-state index contributed by atoms with van der Waals surface area (Å²) in [5.74, 6) is 2.12. The van der Waals surface area contributed by atoms with Crippen molar-refractivity contribution in [2.24, 2.45) is 0 Å². The summed E-state index contributed by atoms with van der Waals surface area (Å²) in [5, 5.41) is 6.22. The highest BCUT2D eigenvalue weighted by Gasteiger charge is 2.20. The number of rotatable bonds is 4. The fraction of sp³-hybridized carbons (Fsp3) is 0.545. The van der Waals surface area contributed by atoms with Crippen LogP contribution in [0.2, 0.25) is 0 Å². The van der Waals surface area contributed by atoms with E-state index in [0.29, 0.717) is 6.54 Å². The third kappa shape index (κ3) is 4.28. The molecule has 17 heavy (non-hydrogen) atoms. The molecule has 1 amide bonds. The summed E-state index contributed by atoms with van der Waals surface area (Å²) < 4.78 is 1.14. The zero-order chi connectivity index (χ0) is 12.1. The molecule has 0 aliphatic carbocycles. The van der Waals surface area contributed by atoms with Crippen LogP contribution < -0.4 is 10.6 Å². The molecule has 6 heteroatoms. The summed E-state index contributed by atoms with van der Waals surface area (Å²) >= 11 is 6.99. The predicted molar refractivity (Wildman–Crippen MR) is 77.8 cm³/mol. The van der Waals surface area contributed by atoms with Crippen molar-refractivity contribution >= 4 is 44.9 Å². The van der Waals surface area contributed by atoms with Crippen molar-refractivity contribution in [1.82, 2.24) is 10.6 Å². The Balaban J connectivity index is 1.69. The number of thioether (sulfide) groups is 1. The quantitative estimate of drug-likeness (QED) is 0.883. The normalized spacial score (nSPS) is 20.2. The summed E-state index contributed by atoms with van der Waals surface area (Å²) in [6.45, 7) is 1.65. The topological polar surface area (TPSA) is 41.1 Å². The first-order chi connectivity index (χ1) is 8.25. The number of carbonyl (C=O) groups excluding carboxylic acids is 1. The van der Waals surface area contributed by atoms with Gasteiger partial charge in [0.05, 0.1) is 9.83 Å². The predicted octanol–water partition coefficient (Wildman–Crippen LogP) is 1.87. The van der Waals surface area contributed by atoms with E-state index in [2.05, 4.69) is 32.6 Å². The molecule has 2 rings (SSSR count). The van der Waals surface area contributed by atoms with Gasteiger partial charge in [-0.2, -0.15) is 11.8 Å². The number of carbonyl (C=O) groups is 1. The van der Waals surface area contributed by atoms with Gasteiger partial charge in [0.2, 0.25) is 5.91 Å². The Morgan fingerprint density at radius 1 is 1.59 bits per heavy atom. The van der Waals surface area contributed by atoms with Gasteiger partial charge in [-0.05, 0) is 34.5 Å². The number of hydrogen-bond acceptors (Lipinski definition) is 4. The minimum atomic E-state index is -0.0104. The average Bonchev–Trinajstić information content (AvgIpc) is 2.76. The van der Waals surface area contributed by atoms with Gasteiger partial charge in [-0.3, -0.25) is 4.79 Å². The van der Waals surface area contributed by atoms with Crippen molar-refractivity contribution in [1.29, 1.82) is 0 Å². The lowest BCUT2D eigenvalue weighted by atomic mass is 10.3. The molecule has 0 saturated carbocycles. The zero-order valence-corrected chi connectivity index (χ0v) is 12.6. The number of nitrogens with one attached hydrogen (secondary N) is 2. The van der Waals surface area contributed by atoms with Crippen molar-refractivity contribution in [3.05, 3.63) is 20.8 Å². The zero-order valence-electron chi connectivity index (χ0n) is 9.37. The van der Waals surface area contributed by atoms with Crippen molar-refractivity contribution < 1.29 is 4.79 Å². The lowest BCUT2D eigenvalue weighted by molar-refractivity contribution is -0.122. The SMILES string of the molecule is O=C(NCCc1ccc(Br)s1)C1CSCCN1. The van der Waals surface area contributed by atoms with Gasteiger partial charge in [0.15, 0.2) is 0 Å². The standard InChI is InChI=1S/C11H15BrN2OS2/c12-10-2-1-8(17-10)3-4-14-11(15)9-7-16-6-5-13-9/h1-2,9,13H,3-7H2,(H,14,15). The van der Waals surface area contributed by atoms with E-state index in [-0.39, 0.29) is 11.9 Å². The van der Waals surface area contributed by atoms with E-state index in [0.717, 1.165) is 28.3 Å². The Labute approximate surface area is 118 Å². The second-order valence-electron chi connectivity index (χ2n) is 3.83. The van der Waals surface area contributed by atoms with Gasteiger partial charge in [-0.15, -0.1) is 11.3 Å². The Morgan fingerprint density at radius 2 is 2.47 bits per heavy atom. The molecule has 1 aliphatic rings. The molecule has 1 saturated heterocycles. The molecule has 3 nitrogen and oxygen atoms in total. The van der Waals surface area contributed by atoms with Crippen LogP contribution in [0.5, 0.6) is 0 Å². The molecule has 1 fully saturated rings. The molecule has 1 unspecified atom stereocenters. The van der Waals surface area contributed by atoms with E-state index in [1.807, 2.05) is 17.8 Å². The first kappa shape index (κ1) is 13.4. The van der Waals surface area contributed by atoms with E-state index in [1.165, 1.54) is 4.88 Å². The summed E-state index contributed by atoms with van der Waals surface area (Å²) in [6.07, 6.45) is 0.905. The van der Waals surface area contributed by atoms with Crippen LogP contribution in [0.15, 0.2) is 15.9 Å². The Morgan fingerprint density at radius 3 is 3.12 bits per heavy atom. The van der Waals surface area contributed by atoms with Crippen LogP contribution in [-0.2, 0) is 11.2 Å². The maximum absolute atomic E-state index is 11.8. The largest absolute Gasteiger partial charge is 0.354 e.